The largest absolute Gasteiger partial charge is 0.325 e. The molecule has 1 aromatic heterocycles. The van der Waals surface area contributed by atoms with E-state index < -0.39 is 0 Å². The predicted molar refractivity (Wildman–Crippen MR) is 51.7 cm³/mol. The van der Waals surface area contributed by atoms with Crippen molar-refractivity contribution in [3.05, 3.63) is 22.9 Å². The van der Waals surface area contributed by atoms with Crippen molar-refractivity contribution in [3.63, 3.8) is 0 Å². The van der Waals surface area contributed by atoms with E-state index in [1.54, 1.807) is 6.20 Å². The van der Waals surface area contributed by atoms with Crippen molar-refractivity contribution in [3.8, 4) is 0 Å². The van der Waals surface area contributed by atoms with Gasteiger partial charge in [0.05, 0.1) is 0 Å². The first-order chi connectivity index (χ1) is 6.08. The summed E-state index contributed by atoms with van der Waals surface area (Å²) in [6, 6.07) is 0.411. The number of imidazole rings is 1. The van der Waals surface area contributed by atoms with Gasteiger partial charge in [0.2, 0.25) is 0 Å². The van der Waals surface area contributed by atoms with E-state index in [9.17, 15) is 4.79 Å². The van der Waals surface area contributed by atoms with Crippen molar-refractivity contribution in [1.82, 2.24) is 9.55 Å². The molecule has 1 unspecified atom stereocenters. The highest BCUT2D eigenvalue weighted by Gasteiger charge is 2.32. The van der Waals surface area contributed by atoms with Crippen LogP contribution in [0.3, 0.4) is 0 Å². The Hall–Kier alpha value is -0.990. The zero-order valence-electron chi connectivity index (χ0n) is 8.21. The van der Waals surface area contributed by atoms with Crippen molar-refractivity contribution >= 4 is 0 Å². The van der Waals surface area contributed by atoms with Gasteiger partial charge in [-0.1, -0.05) is 13.8 Å². The van der Waals surface area contributed by atoms with E-state index in [-0.39, 0.29) is 5.69 Å². The molecule has 0 saturated heterocycles. The minimum absolute atomic E-state index is 0.0303. The molecule has 0 radical (unpaired) electrons. The van der Waals surface area contributed by atoms with Gasteiger partial charge in [0.1, 0.15) is 0 Å². The van der Waals surface area contributed by atoms with Gasteiger partial charge in [0, 0.05) is 18.4 Å². The Balaban J connectivity index is 2.22. The quantitative estimate of drug-likeness (QED) is 0.704. The fraction of sp³-hybridized carbons (Fsp3) is 0.700. The van der Waals surface area contributed by atoms with Gasteiger partial charge >= 0.3 is 5.69 Å². The number of nitrogens with one attached hydrogen (secondary N) is 1. The summed E-state index contributed by atoms with van der Waals surface area (Å²) in [5, 5.41) is 0. The van der Waals surface area contributed by atoms with Gasteiger partial charge in [-0.25, -0.2) is 4.79 Å². The lowest BCUT2D eigenvalue weighted by Gasteiger charge is -2.17. The van der Waals surface area contributed by atoms with Crippen LogP contribution < -0.4 is 5.69 Å². The Labute approximate surface area is 77.8 Å². The second-order valence-electron chi connectivity index (χ2n) is 4.73. The van der Waals surface area contributed by atoms with Gasteiger partial charge in [-0.3, -0.25) is 4.57 Å². The summed E-state index contributed by atoms with van der Waals surface area (Å²) in [5.41, 5.74) is 0.434. The van der Waals surface area contributed by atoms with Crippen LogP contribution in [0.4, 0.5) is 0 Å². The first-order valence-electron chi connectivity index (χ1n) is 4.84. The first kappa shape index (κ1) is 8.60. The number of aromatic nitrogens is 2. The Morgan fingerprint density at radius 1 is 1.62 bits per heavy atom. The second-order valence-corrected chi connectivity index (χ2v) is 4.73. The molecule has 1 fully saturated rings. The number of H-pyrrole nitrogens is 1. The third-order valence-electron chi connectivity index (χ3n) is 3.01. The Bertz CT molecular complexity index is 348. The fourth-order valence-corrected chi connectivity index (χ4v) is 2.26. The van der Waals surface area contributed by atoms with Crippen LogP contribution in [-0.2, 0) is 0 Å². The molecule has 1 heterocycles. The molecule has 1 aliphatic rings. The van der Waals surface area contributed by atoms with Crippen LogP contribution in [0.5, 0.6) is 0 Å². The van der Waals surface area contributed by atoms with Gasteiger partial charge in [-0.05, 0) is 24.7 Å². The monoisotopic (exact) mass is 180 g/mol. The fourth-order valence-electron chi connectivity index (χ4n) is 2.26. The van der Waals surface area contributed by atoms with Gasteiger partial charge in [0.25, 0.3) is 0 Å². The van der Waals surface area contributed by atoms with E-state index in [0.29, 0.717) is 11.5 Å². The van der Waals surface area contributed by atoms with E-state index in [2.05, 4.69) is 18.8 Å². The van der Waals surface area contributed by atoms with Crippen LogP contribution in [0.25, 0.3) is 0 Å². The molecule has 0 amide bonds. The van der Waals surface area contributed by atoms with Crippen LogP contribution in [0, 0.1) is 5.41 Å². The van der Waals surface area contributed by atoms with Gasteiger partial charge in [-0.2, -0.15) is 0 Å². The van der Waals surface area contributed by atoms with E-state index in [1.807, 2.05) is 10.8 Å². The molecule has 72 valence electrons. The van der Waals surface area contributed by atoms with Crippen molar-refractivity contribution in [2.24, 2.45) is 5.41 Å². The summed E-state index contributed by atoms with van der Waals surface area (Å²) in [6.45, 7) is 4.54. The zero-order valence-corrected chi connectivity index (χ0v) is 8.21. The summed E-state index contributed by atoms with van der Waals surface area (Å²) >= 11 is 0. The molecule has 0 spiro atoms. The summed E-state index contributed by atoms with van der Waals surface area (Å²) < 4.78 is 1.83. The van der Waals surface area contributed by atoms with Crippen LogP contribution in [-0.4, -0.2) is 9.55 Å². The number of hydrogen-bond acceptors (Lipinski definition) is 1. The molecule has 1 aliphatic carbocycles. The molecule has 3 heteroatoms. The van der Waals surface area contributed by atoms with Crippen LogP contribution in [0.15, 0.2) is 17.2 Å². The molecular weight excluding hydrogens is 164 g/mol. The minimum atomic E-state index is 0.0303. The van der Waals surface area contributed by atoms with Gasteiger partial charge in [0.15, 0.2) is 0 Å². The number of nitrogens with zero attached hydrogens (tertiary/aromatic N) is 1. The van der Waals surface area contributed by atoms with E-state index in [4.69, 9.17) is 0 Å². The molecule has 1 atom stereocenters. The van der Waals surface area contributed by atoms with Crippen LogP contribution >= 0.6 is 0 Å². The number of aromatic amines is 1. The lowest BCUT2D eigenvalue weighted by atomic mass is 9.92. The zero-order chi connectivity index (χ0) is 9.47. The molecule has 1 saturated carbocycles. The highest BCUT2D eigenvalue weighted by Crippen LogP contribution is 2.42. The minimum Gasteiger partial charge on any atom is -0.313 e. The molecule has 3 nitrogen and oxygen atoms in total. The molecule has 1 aromatic rings. The average molecular weight is 180 g/mol. The van der Waals surface area contributed by atoms with E-state index in [1.165, 1.54) is 6.42 Å². The number of hydrogen-bond donors (Lipinski definition) is 1. The Kier molecular flexibility index (Phi) is 1.82. The summed E-state index contributed by atoms with van der Waals surface area (Å²) in [7, 11) is 0. The molecule has 1 N–H and O–H groups in total. The maximum atomic E-state index is 11.3. The maximum Gasteiger partial charge on any atom is 0.325 e. The standard InChI is InChI=1S/C10H16N2O/c1-10(2)4-3-8(7-10)12-6-5-11-9(12)13/h5-6,8H,3-4,7H2,1-2H3,(H,11,13). The average Bonchev–Trinajstić information content (AvgIpc) is 2.56. The van der Waals surface area contributed by atoms with Gasteiger partial charge < -0.3 is 4.98 Å². The number of rotatable bonds is 1. The lowest BCUT2D eigenvalue weighted by molar-refractivity contribution is 0.357. The predicted octanol–water partition coefficient (Wildman–Crippen LogP) is 1.93. The summed E-state index contributed by atoms with van der Waals surface area (Å²) in [5.74, 6) is 0. The van der Waals surface area contributed by atoms with Gasteiger partial charge in [-0.15, -0.1) is 0 Å². The molecule has 0 aliphatic heterocycles. The van der Waals surface area contributed by atoms with Crippen molar-refractivity contribution in [2.75, 3.05) is 0 Å². The first-order valence-corrected chi connectivity index (χ1v) is 4.84. The van der Waals surface area contributed by atoms with Crippen molar-refractivity contribution in [1.29, 1.82) is 0 Å². The smallest absolute Gasteiger partial charge is 0.313 e. The molecule has 2 rings (SSSR count). The third kappa shape index (κ3) is 1.55. The van der Waals surface area contributed by atoms with Crippen molar-refractivity contribution in [2.45, 2.75) is 39.2 Å². The summed E-state index contributed by atoms with van der Waals surface area (Å²) in [6.07, 6.45) is 7.03. The topological polar surface area (TPSA) is 37.8 Å². The summed E-state index contributed by atoms with van der Waals surface area (Å²) in [4.78, 5) is 14.0. The van der Waals surface area contributed by atoms with Crippen molar-refractivity contribution < 1.29 is 0 Å². The second kappa shape index (κ2) is 2.76. The van der Waals surface area contributed by atoms with Crippen LogP contribution in [0.1, 0.15) is 39.2 Å². The maximum absolute atomic E-state index is 11.3. The van der Waals surface area contributed by atoms with E-state index >= 15 is 0 Å². The highest BCUT2D eigenvalue weighted by atomic mass is 16.1. The third-order valence-corrected chi connectivity index (χ3v) is 3.01. The molecule has 0 aromatic carbocycles. The molecule has 0 bridgehead atoms. The molecular formula is C10H16N2O. The SMILES string of the molecule is CC1(C)CCC(n2cc[nH]c2=O)C1. The van der Waals surface area contributed by atoms with E-state index in [0.717, 1.165) is 12.8 Å². The lowest BCUT2D eigenvalue weighted by Crippen LogP contribution is -2.20. The van der Waals surface area contributed by atoms with Crippen LogP contribution in [0.2, 0.25) is 0 Å². The molecule has 13 heavy (non-hydrogen) atoms. The normalized spacial score (nSPS) is 26.5. The Morgan fingerprint density at radius 2 is 2.38 bits per heavy atom. The Morgan fingerprint density at radius 3 is 2.85 bits per heavy atom. The highest BCUT2D eigenvalue weighted by molar-refractivity contribution is 4.90.